The maximum atomic E-state index is 13.0. The summed E-state index contributed by atoms with van der Waals surface area (Å²) in [5.41, 5.74) is 3.05. The average Bonchev–Trinajstić information content (AvgIpc) is 3.20. The zero-order chi connectivity index (χ0) is 21.1. The van der Waals surface area contributed by atoms with E-state index < -0.39 is 0 Å². The Kier molecular flexibility index (Phi) is 5.40. The maximum absolute atomic E-state index is 13.0. The number of aromatic nitrogens is 2. The third kappa shape index (κ3) is 3.85. The Balaban J connectivity index is 1.71. The van der Waals surface area contributed by atoms with Crippen LogP contribution >= 0.6 is 11.3 Å². The Bertz CT molecular complexity index is 1250. The van der Waals surface area contributed by atoms with Gasteiger partial charge in [-0.15, -0.1) is 11.3 Å². The van der Waals surface area contributed by atoms with Crippen molar-refractivity contribution in [1.82, 2.24) is 15.3 Å². The number of nitrogens with zero attached hydrogens (tertiary/aromatic N) is 2. The molecule has 3 N–H and O–H groups in total. The summed E-state index contributed by atoms with van der Waals surface area (Å²) in [6.07, 6.45) is 4.84. The molecule has 0 fully saturated rings. The predicted molar refractivity (Wildman–Crippen MR) is 120 cm³/mol. The Morgan fingerprint density at radius 3 is 2.67 bits per heavy atom. The summed E-state index contributed by atoms with van der Waals surface area (Å²) in [5, 5.41) is 11.4. The monoisotopic (exact) mass is 417 g/mol. The summed E-state index contributed by atoms with van der Waals surface area (Å²) in [5.74, 6) is -0.135. The Labute approximate surface area is 177 Å². The Hall–Kier alpha value is -3.78. The molecular weight excluding hydrogens is 398 g/mol. The van der Waals surface area contributed by atoms with Crippen molar-refractivity contribution in [2.75, 3.05) is 17.7 Å². The molecule has 4 rings (SSSR count). The van der Waals surface area contributed by atoms with Crippen LogP contribution in [0.1, 0.15) is 26.3 Å². The molecule has 4 aromatic rings. The first-order valence-corrected chi connectivity index (χ1v) is 10.1. The van der Waals surface area contributed by atoms with E-state index in [1.165, 1.54) is 17.5 Å². The summed E-state index contributed by atoms with van der Waals surface area (Å²) in [6, 6.07) is 11.2. The lowest BCUT2D eigenvalue weighted by atomic mass is 10.1. The Morgan fingerprint density at radius 2 is 1.87 bits per heavy atom. The van der Waals surface area contributed by atoms with E-state index in [0.717, 1.165) is 21.3 Å². The lowest BCUT2D eigenvalue weighted by molar-refractivity contribution is 0.0961. The van der Waals surface area contributed by atoms with Gasteiger partial charge in [0.1, 0.15) is 0 Å². The second-order valence-electron chi connectivity index (χ2n) is 6.61. The molecule has 0 unspecified atom stereocenters. The fourth-order valence-corrected chi connectivity index (χ4v) is 3.93. The average molecular weight is 417 g/mol. The van der Waals surface area contributed by atoms with Gasteiger partial charge in [0, 0.05) is 34.9 Å². The van der Waals surface area contributed by atoms with Crippen molar-refractivity contribution in [2.45, 2.75) is 6.92 Å². The highest BCUT2D eigenvalue weighted by molar-refractivity contribution is 7.17. The van der Waals surface area contributed by atoms with Crippen molar-refractivity contribution in [3.63, 3.8) is 0 Å². The molecule has 8 heteroatoms. The summed E-state index contributed by atoms with van der Waals surface area (Å²) in [6.45, 7) is 1.94. The first-order valence-electron chi connectivity index (χ1n) is 9.24. The van der Waals surface area contributed by atoms with Gasteiger partial charge in [0.05, 0.1) is 28.7 Å². The molecule has 30 heavy (non-hydrogen) atoms. The summed E-state index contributed by atoms with van der Waals surface area (Å²) >= 11 is 1.51. The van der Waals surface area contributed by atoms with Crippen molar-refractivity contribution in [3.8, 4) is 0 Å². The molecule has 1 aromatic carbocycles. The molecule has 0 atom stereocenters. The summed E-state index contributed by atoms with van der Waals surface area (Å²) in [4.78, 5) is 33.6. The molecule has 0 aliphatic rings. The van der Waals surface area contributed by atoms with Crippen molar-refractivity contribution in [2.24, 2.45) is 0 Å². The standard InChI is InChI=1S/C22H19N5O2S/c1-13-7-8-24-11-18(13)26-20-17(9-14(10-25-20)21(28)23-2)27-22(29)16-12-30-19-6-4-3-5-15(16)19/h3-12H,1-2H3,(H,23,28)(H,25,26)(H,27,29). The number of hydrogen-bond donors (Lipinski definition) is 3. The number of carbonyl (C=O) groups is 2. The molecule has 150 valence electrons. The van der Waals surface area contributed by atoms with Gasteiger partial charge in [-0.1, -0.05) is 18.2 Å². The van der Waals surface area contributed by atoms with E-state index in [2.05, 4.69) is 25.9 Å². The number of anilines is 3. The minimum absolute atomic E-state index is 0.269. The van der Waals surface area contributed by atoms with Crippen molar-refractivity contribution >= 4 is 50.4 Å². The lowest BCUT2D eigenvalue weighted by Gasteiger charge is -2.14. The lowest BCUT2D eigenvalue weighted by Crippen LogP contribution is -2.19. The number of benzene rings is 1. The molecular formula is C22H19N5O2S. The highest BCUT2D eigenvalue weighted by Crippen LogP contribution is 2.29. The van der Waals surface area contributed by atoms with Crippen molar-refractivity contribution in [3.05, 3.63) is 77.1 Å². The number of pyridine rings is 2. The van der Waals surface area contributed by atoms with Crippen molar-refractivity contribution < 1.29 is 9.59 Å². The SMILES string of the molecule is CNC(=O)c1cnc(Nc2cnccc2C)c(NC(=O)c2csc3ccccc23)c1. The first kappa shape index (κ1) is 19.5. The van der Waals surface area contributed by atoms with E-state index in [9.17, 15) is 9.59 Å². The van der Waals surface area contributed by atoms with Crippen LogP contribution in [-0.4, -0.2) is 28.8 Å². The van der Waals surface area contributed by atoms with Gasteiger partial charge in [-0.2, -0.15) is 0 Å². The van der Waals surface area contributed by atoms with Gasteiger partial charge < -0.3 is 16.0 Å². The van der Waals surface area contributed by atoms with Crippen LogP contribution in [0.15, 0.2) is 60.4 Å². The fourth-order valence-electron chi connectivity index (χ4n) is 2.99. The number of hydrogen-bond acceptors (Lipinski definition) is 6. The molecule has 2 amide bonds. The van der Waals surface area contributed by atoms with Crippen LogP contribution in [0.3, 0.4) is 0 Å². The third-order valence-electron chi connectivity index (χ3n) is 4.64. The summed E-state index contributed by atoms with van der Waals surface area (Å²) < 4.78 is 1.03. The van der Waals surface area contributed by atoms with E-state index in [0.29, 0.717) is 22.6 Å². The van der Waals surface area contributed by atoms with E-state index in [1.54, 1.807) is 25.5 Å². The van der Waals surface area contributed by atoms with Gasteiger partial charge in [-0.25, -0.2) is 4.98 Å². The molecule has 3 aromatic heterocycles. The normalized spacial score (nSPS) is 10.6. The van der Waals surface area contributed by atoms with Crippen LogP contribution in [0.5, 0.6) is 0 Å². The fraction of sp³-hybridized carbons (Fsp3) is 0.0909. The van der Waals surface area contributed by atoms with Crippen LogP contribution in [0.4, 0.5) is 17.2 Å². The largest absolute Gasteiger partial charge is 0.355 e. The first-order chi connectivity index (χ1) is 14.6. The number of amides is 2. The number of rotatable bonds is 5. The van der Waals surface area contributed by atoms with E-state index >= 15 is 0 Å². The second-order valence-corrected chi connectivity index (χ2v) is 7.53. The minimum Gasteiger partial charge on any atom is -0.355 e. The maximum Gasteiger partial charge on any atom is 0.257 e. The van der Waals surface area contributed by atoms with E-state index in [1.807, 2.05) is 42.6 Å². The van der Waals surface area contributed by atoms with Crippen molar-refractivity contribution in [1.29, 1.82) is 0 Å². The smallest absolute Gasteiger partial charge is 0.257 e. The van der Waals surface area contributed by atoms with Gasteiger partial charge in [0.25, 0.3) is 11.8 Å². The molecule has 0 spiro atoms. The van der Waals surface area contributed by atoms with Gasteiger partial charge in [0.2, 0.25) is 0 Å². The summed E-state index contributed by atoms with van der Waals surface area (Å²) in [7, 11) is 1.54. The van der Waals surface area contributed by atoms with Crippen LogP contribution in [0, 0.1) is 6.92 Å². The van der Waals surface area contributed by atoms with Crippen LogP contribution in [0.25, 0.3) is 10.1 Å². The van der Waals surface area contributed by atoms with Crippen LogP contribution in [-0.2, 0) is 0 Å². The quantitative estimate of drug-likeness (QED) is 0.448. The molecule has 0 aliphatic carbocycles. The van der Waals surface area contributed by atoms with Crippen LogP contribution in [0.2, 0.25) is 0 Å². The second kappa shape index (κ2) is 8.30. The predicted octanol–water partition coefficient (Wildman–Crippen LogP) is 4.36. The van der Waals surface area contributed by atoms with Gasteiger partial charge in [-0.3, -0.25) is 14.6 Å². The zero-order valence-corrected chi connectivity index (χ0v) is 17.2. The van der Waals surface area contributed by atoms with Gasteiger partial charge in [-0.05, 0) is 30.7 Å². The van der Waals surface area contributed by atoms with Crippen LogP contribution < -0.4 is 16.0 Å². The molecule has 0 bridgehead atoms. The number of carbonyl (C=O) groups excluding carboxylic acids is 2. The molecule has 3 heterocycles. The highest BCUT2D eigenvalue weighted by atomic mass is 32.1. The third-order valence-corrected chi connectivity index (χ3v) is 5.61. The van der Waals surface area contributed by atoms with Gasteiger partial charge >= 0.3 is 0 Å². The highest BCUT2D eigenvalue weighted by Gasteiger charge is 2.17. The molecule has 0 saturated heterocycles. The minimum atomic E-state index is -0.289. The molecule has 0 radical (unpaired) electrons. The zero-order valence-electron chi connectivity index (χ0n) is 16.4. The number of nitrogens with one attached hydrogen (secondary N) is 3. The molecule has 7 nitrogen and oxygen atoms in total. The number of thiophene rings is 1. The van der Waals surface area contributed by atoms with Gasteiger partial charge in [0.15, 0.2) is 5.82 Å². The number of aryl methyl sites for hydroxylation is 1. The Morgan fingerprint density at radius 1 is 1.03 bits per heavy atom. The molecule has 0 saturated carbocycles. The number of fused-ring (bicyclic) bond motifs is 1. The molecule has 0 aliphatic heterocycles. The topological polar surface area (TPSA) is 96.0 Å². The van der Waals surface area contributed by atoms with E-state index in [-0.39, 0.29) is 11.8 Å². The van der Waals surface area contributed by atoms with E-state index in [4.69, 9.17) is 0 Å².